The van der Waals surface area contributed by atoms with Crippen LogP contribution in [0.5, 0.6) is 11.5 Å². The third kappa shape index (κ3) is 7.13. The first-order chi connectivity index (χ1) is 18.6. The molecule has 0 radical (unpaired) electrons. The number of para-hydroxylation sites is 1. The van der Waals surface area contributed by atoms with Crippen molar-refractivity contribution in [2.45, 2.75) is 25.6 Å². The van der Waals surface area contributed by atoms with Crippen molar-refractivity contribution in [3.05, 3.63) is 90.3 Å². The summed E-state index contributed by atoms with van der Waals surface area (Å²) in [6, 6.07) is 23.6. The van der Waals surface area contributed by atoms with Crippen LogP contribution in [0, 0.1) is 0 Å². The summed E-state index contributed by atoms with van der Waals surface area (Å²) in [7, 11) is 0. The summed E-state index contributed by atoms with van der Waals surface area (Å²) in [6.07, 6.45) is 0. The second kappa shape index (κ2) is 13.3. The van der Waals surface area contributed by atoms with Gasteiger partial charge < -0.3 is 19.5 Å². The van der Waals surface area contributed by atoms with Crippen LogP contribution in [-0.4, -0.2) is 45.6 Å². The van der Waals surface area contributed by atoms with Gasteiger partial charge in [-0.3, -0.25) is 9.36 Å². The summed E-state index contributed by atoms with van der Waals surface area (Å²) < 4.78 is 18.3. The van der Waals surface area contributed by atoms with Crippen molar-refractivity contribution in [1.29, 1.82) is 0 Å². The Morgan fingerprint density at radius 1 is 0.842 bits per heavy atom. The first-order valence-corrected chi connectivity index (χ1v) is 13.1. The fourth-order valence-corrected chi connectivity index (χ4v) is 4.27. The maximum absolute atomic E-state index is 12.7. The van der Waals surface area contributed by atoms with Crippen LogP contribution in [0.15, 0.2) is 84.0 Å². The van der Waals surface area contributed by atoms with Gasteiger partial charge in [0.2, 0.25) is 5.91 Å². The molecule has 196 valence electrons. The van der Waals surface area contributed by atoms with Crippen LogP contribution in [0.2, 0.25) is 0 Å². The lowest BCUT2D eigenvalue weighted by Gasteiger charge is -2.12. The number of nitrogens with zero attached hydrogens (tertiary/aromatic N) is 3. The van der Waals surface area contributed by atoms with Gasteiger partial charge in [0.1, 0.15) is 18.1 Å². The topological polar surface area (TPSA) is 105 Å². The third-order valence-electron chi connectivity index (χ3n) is 5.23. The molecule has 4 aromatic rings. The van der Waals surface area contributed by atoms with Crippen LogP contribution in [0.1, 0.15) is 30.0 Å². The molecule has 3 aromatic carbocycles. The summed E-state index contributed by atoms with van der Waals surface area (Å²) in [6.45, 7) is 4.75. The van der Waals surface area contributed by atoms with E-state index in [9.17, 15) is 9.59 Å². The number of carbonyl (C=O) groups excluding carboxylic acids is 2. The molecule has 0 aliphatic rings. The fraction of sp³-hybridized carbons (Fsp3) is 0.214. The zero-order chi connectivity index (χ0) is 26.7. The number of carbonyl (C=O) groups is 2. The summed E-state index contributed by atoms with van der Waals surface area (Å²) in [4.78, 5) is 24.5. The highest BCUT2D eigenvalue weighted by molar-refractivity contribution is 7.99. The lowest BCUT2D eigenvalue weighted by Crippen LogP contribution is -2.15. The molecule has 0 saturated heterocycles. The number of amides is 1. The zero-order valence-electron chi connectivity index (χ0n) is 21.1. The van der Waals surface area contributed by atoms with Crippen LogP contribution >= 0.6 is 11.8 Å². The summed E-state index contributed by atoms with van der Waals surface area (Å²) in [5, 5.41) is 12.0. The standard InChI is InChI=1S/C28H28N4O5S/c1-3-35-24-16-14-22(15-17-24)32-25(18-37-23-8-6-5-7-9-23)30-31-28(32)38-19-26(33)29-21-12-10-20(11-13-21)27(34)36-4-2/h5-17H,3-4,18-19H2,1-2H3,(H,29,33). The molecule has 1 amide bonds. The molecule has 0 unspecified atom stereocenters. The van der Waals surface area contributed by atoms with E-state index < -0.39 is 5.97 Å². The Morgan fingerprint density at radius 2 is 1.55 bits per heavy atom. The summed E-state index contributed by atoms with van der Waals surface area (Å²) in [5.74, 6) is 1.55. The normalized spacial score (nSPS) is 10.6. The number of benzene rings is 3. The first kappa shape index (κ1) is 26.7. The Morgan fingerprint density at radius 3 is 2.24 bits per heavy atom. The SMILES string of the molecule is CCOC(=O)c1ccc(NC(=O)CSc2nnc(COc3ccccc3)n2-c2ccc(OCC)cc2)cc1. The molecule has 0 aliphatic heterocycles. The van der Waals surface area contributed by atoms with Gasteiger partial charge >= 0.3 is 5.97 Å². The van der Waals surface area contributed by atoms with Crippen LogP contribution in [0.3, 0.4) is 0 Å². The number of thioether (sulfide) groups is 1. The van der Waals surface area contributed by atoms with E-state index in [1.165, 1.54) is 11.8 Å². The van der Waals surface area contributed by atoms with Crippen molar-refractivity contribution < 1.29 is 23.8 Å². The minimum absolute atomic E-state index is 0.105. The molecule has 0 fully saturated rings. The van der Waals surface area contributed by atoms with E-state index >= 15 is 0 Å². The second-order valence-corrected chi connectivity index (χ2v) is 8.84. The number of nitrogens with one attached hydrogen (secondary N) is 1. The largest absolute Gasteiger partial charge is 0.494 e. The third-order valence-corrected chi connectivity index (χ3v) is 6.16. The van der Waals surface area contributed by atoms with Crippen LogP contribution in [0.4, 0.5) is 5.69 Å². The Hall–Kier alpha value is -4.31. The molecule has 9 nitrogen and oxygen atoms in total. The lowest BCUT2D eigenvalue weighted by atomic mass is 10.2. The van der Waals surface area contributed by atoms with Gasteiger partial charge in [-0.05, 0) is 74.5 Å². The highest BCUT2D eigenvalue weighted by Gasteiger charge is 2.17. The van der Waals surface area contributed by atoms with Gasteiger partial charge in [-0.25, -0.2) is 4.79 Å². The number of ether oxygens (including phenoxy) is 3. The molecule has 0 aliphatic carbocycles. The smallest absolute Gasteiger partial charge is 0.338 e. The van der Waals surface area contributed by atoms with Crippen molar-refractivity contribution in [3.8, 4) is 17.2 Å². The van der Waals surface area contributed by atoms with E-state index in [2.05, 4.69) is 15.5 Å². The predicted molar refractivity (Wildman–Crippen MR) is 145 cm³/mol. The molecule has 0 spiro atoms. The number of hydrogen-bond donors (Lipinski definition) is 1. The number of anilines is 1. The van der Waals surface area contributed by atoms with Crippen molar-refractivity contribution in [2.75, 3.05) is 24.3 Å². The van der Waals surface area contributed by atoms with Gasteiger partial charge in [0.05, 0.1) is 24.5 Å². The molecule has 1 heterocycles. The summed E-state index contributed by atoms with van der Waals surface area (Å²) in [5.41, 5.74) is 1.82. The van der Waals surface area contributed by atoms with E-state index in [1.54, 1.807) is 31.2 Å². The molecule has 10 heteroatoms. The Bertz CT molecular complexity index is 1340. The Labute approximate surface area is 225 Å². The van der Waals surface area contributed by atoms with Gasteiger partial charge in [0.15, 0.2) is 11.0 Å². The van der Waals surface area contributed by atoms with Crippen molar-refractivity contribution in [1.82, 2.24) is 14.8 Å². The minimum atomic E-state index is -0.401. The molecule has 0 bridgehead atoms. The maximum Gasteiger partial charge on any atom is 0.338 e. The molecule has 4 rings (SSSR count). The van der Waals surface area contributed by atoms with Crippen molar-refractivity contribution in [3.63, 3.8) is 0 Å². The van der Waals surface area contributed by atoms with Crippen molar-refractivity contribution >= 4 is 29.3 Å². The van der Waals surface area contributed by atoms with E-state index in [0.717, 1.165) is 17.2 Å². The van der Waals surface area contributed by atoms with Crippen LogP contribution < -0.4 is 14.8 Å². The molecular formula is C28H28N4O5S. The Kier molecular flexibility index (Phi) is 9.36. The van der Waals surface area contributed by atoms with E-state index in [-0.39, 0.29) is 18.3 Å². The predicted octanol–water partition coefficient (Wildman–Crippen LogP) is 5.15. The van der Waals surface area contributed by atoms with Gasteiger partial charge in [-0.1, -0.05) is 30.0 Å². The highest BCUT2D eigenvalue weighted by atomic mass is 32.2. The van der Waals surface area contributed by atoms with Crippen LogP contribution in [-0.2, 0) is 16.1 Å². The van der Waals surface area contributed by atoms with E-state index in [4.69, 9.17) is 14.2 Å². The van der Waals surface area contributed by atoms with Crippen LogP contribution in [0.25, 0.3) is 5.69 Å². The molecule has 0 saturated carbocycles. The number of hydrogen-bond acceptors (Lipinski definition) is 8. The first-order valence-electron chi connectivity index (χ1n) is 12.1. The molecule has 0 atom stereocenters. The van der Waals surface area contributed by atoms with Gasteiger partial charge in [0, 0.05) is 11.4 Å². The van der Waals surface area contributed by atoms with E-state index in [1.807, 2.05) is 66.1 Å². The van der Waals surface area contributed by atoms with Gasteiger partial charge in [-0.2, -0.15) is 0 Å². The molecular weight excluding hydrogens is 504 g/mol. The summed E-state index contributed by atoms with van der Waals surface area (Å²) >= 11 is 1.26. The molecule has 1 aromatic heterocycles. The zero-order valence-corrected chi connectivity index (χ0v) is 21.9. The van der Waals surface area contributed by atoms with Gasteiger partial charge in [0.25, 0.3) is 0 Å². The monoisotopic (exact) mass is 532 g/mol. The van der Waals surface area contributed by atoms with E-state index in [0.29, 0.717) is 35.4 Å². The van der Waals surface area contributed by atoms with Gasteiger partial charge in [-0.15, -0.1) is 10.2 Å². The quantitative estimate of drug-likeness (QED) is 0.197. The lowest BCUT2D eigenvalue weighted by molar-refractivity contribution is -0.113. The second-order valence-electron chi connectivity index (χ2n) is 7.90. The Balaban J connectivity index is 1.46. The highest BCUT2D eigenvalue weighted by Crippen LogP contribution is 2.25. The average Bonchev–Trinajstić information content (AvgIpc) is 3.35. The molecule has 38 heavy (non-hydrogen) atoms. The minimum Gasteiger partial charge on any atom is -0.494 e. The average molecular weight is 533 g/mol. The fourth-order valence-electron chi connectivity index (χ4n) is 3.50. The van der Waals surface area contributed by atoms with Crippen molar-refractivity contribution in [2.24, 2.45) is 0 Å². The number of esters is 1. The maximum atomic E-state index is 12.7. The number of rotatable bonds is 12. The number of aromatic nitrogens is 3. The molecule has 1 N–H and O–H groups in total.